The highest BCUT2D eigenvalue weighted by Crippen LogP contribution is 2.29. The predicted octanol–water partition coefficient (Wildman–Crippen LogP) is 2.39. The average molecular weight is 199 g/mol. The topological polar surface area (TPSA) is 12.5 Å². The maximum Gasteiger partial charge on any atom is 0.0487 e. The molecule has 0 saturated heterocycles. The molecule has 84 valence electrons. The summed E-state index contributed by atoms with van der Waals surface area (Å²) in [6.07, 6.45) is 5.53. The van der Waals surface area contributed by atoms with Crippen molar-refractivity contribution in [3.63, 3.8) is 0 Å². The molecule has 0 spiro atoms. The molecule has 1 fully saturated rings. The number of rotatable bonds is 8. The largest absolute Gasteiger partial charge is 0.384 e. The van der Waals surface area contributed by atoms with Gasteiger partial charge < -0.3 is 9.64 Å². The van der Waals surface area contributed by atoms with Crippen LogP contribution in [0.5, 0.6) is 0 Å². The zero-order valence-electron chi connectivity index (χ0n) is 9.96. The lowest BCUT2D eigenvalue weighted by Crippen LogP contribution is -2.22. The molecule has 2 nitrogen and oxygen atoms in total. The fourth-order valence-electron chi connectivity index (χ4n) is 1.91. The standard InChI is InChI=1S/C12H25NO/c1-11(10-14-3)5-4-8-13(2)9-12-6-7-12/h11-12H,4-10H2,1-3H3. The molecule has 0 aromatic carbocycles. The van der Waals surface area contributed by atoms with E-state index in [1.165, 1.54) is 38.8 Å². The van der Waals surface area contributed by atoms with E-state index in [0.717, 1.165) is 12.5 Å². The number of hydrogen-bond acceptors (Lipinski definition) is 2. The zero-order chi connectivity index (χ0) is 10.4. The summed E-state index contributed by atoms with van der Waals surface area (Å²) in [6.45, 7) is 5.75. The van der Waals surface area contributed by atoms with Crippen molar-refractivity contribution in [3.05, 3.63) is 0 Å². The van der Waals surface area contributed by atoms with Gasteiger partial charge in [-0.1, -0.05) is 6.92 Å². The smallest absolute Gasteiger partial charge is 0.0487 e. The first-order valence-corrected chi connectivity index (χ1v) is 5.90. The van der Waals surface area contributed by atoms with Gasteiger partial charge in [-0.3, -0.25) is 0 Å². The molecule has 1 rings (SSSR count). The van der Waals surface area contributed by atoms with E-state index in [9.17, 15) is 0 Å². The maximum absolute atomic E-state index is 5.12. The van der Waals surface area contributed by atoms with Crippen molar-refractivity contribution in [1.29, 1.82) is 0 Å². The first-order chi connectivity index (χ1) is 6.72. The van der Waals surface area contributed by atoms with Gasteiger partial charge in [0.1, 0.15) is 0 Å². The van der Waals surface area contributed by atoms with Crippen molar-refractivity contribution in [3.8, 4) is 0 Å². The van der Waals surface area contributed by atoms with E-state index in [-0.39, 0.29) is 0 Å². The third-order valence-electron chi connectivity index (χ3n) is 2.95. The van der Waals surface area contributed by atoms with Gasteiger partial charge in [-0.15, -0.1) is 0 Å². The number of nitrogens with zero attached hydrogens (tertiary/aromatic N) is 1. The second-order valence-electron chi connectivity index (χ2n) is 4.91. The predicted molar refractivity (Wildman–Crippen MR) is 60.5 cm³/mol. The van der Waals surface area contributed by atoms with Crippen LogP contribution >= 0.6 is 0 Å². The van der Waals surface area contributed by atoms with E-state index < -0.39 is 0 Å². The first-order valence-electron chi connectivity index (χ1n) is 5.90. The molecule has 14 heavy (non-hydrogen) atoms. The van der Waals surface area contributed by atoms with Gasteiger partial charge in [0.2, 0.25) is 0 Å². The highest BCUT2D eigenvalue weighted by atomic mass is 16.5. The third kappa shape index (κ3) is 5.61. The Morgan fingerprint density at radius 1 is 1.43 bits per heavy atom. The minimum absolute atomic E-state index is 0.717. The fraction of sp³-hybridized carbons (Fsp3) is 1.00. The Balaban J connectivity index is 1.90. The van der Waals surface area contributed by atoms with Crippen LogP contribution in [-0.2, 0) is 4.74 Å². The monoisotopic (exact) mass is 199 g/mol. The highest BCUT2D eigenvalue weighted by molar-refractivity contribution is 4.75. The van der Waals surface area contributed by atoms with Crippen LogP contribution in [0.25, 0.3) is 0 Å². The molecule has 0 bridgehead atoms. The molecule has 0 heterocycles. The molecule has 0 aliphatic heterocycles. The Morgan fingerprint density at radius 2 is 2.14 bits per heavy atom. The van der Waals surface area contributed by atoms with Gasteiger partial charge in [0.15, 0.2) is 0 Å². The molecule has 0 aromatic heterocycles. The number of ether oxygens (including phenoxy) is 1. The van der Waals surface area contributed by atoms with Crippen LogP contribution in [0.4, 0.5) is 0 Å². The minimum Gasteiger partial charge on any atom is -0.384 e. The summed E-state index contributed by atoms with van der Waals surface area (Å²) in [7, 11) is 4.04. The first kappa shape index (κ1) is 12.0. The fourth-order valence-corrected chi connectivity index (χ4v) is 1.91. The lowest BCUT2D eigenvalue weighted by Gasteiger charge is -2.17. The van der Waals surface area contributed by atoms with E-state index in [1.807, 2.05) is 0 Å². The molecule has 0 aromatic rings. The summed E-state index contributed by atoms with van der Waals surface area (Å²) in [5.41, 5.74) is 0. The minimum atomic E-state index is 0.717. The SMILES string of the molecule is COCC(C)CCCN(C)CC1CC1. The van der Waals surface area contributed by atoms with Gasteiger partial charge >= 0.3 is 0 Å². The summed E-state index contributed by atoms with van der Waals surface area (Å²) < 4.78 is 5.12. The van der Waals surface area contributed by atoms with Crippen LogP contribution < -0.4 is 0 Å². The lowest BCUT2D eigenvalue weighted by molar-refractivity contribution is 0.152. The van der Waals surface area contributed by atoms with E-state index in [0.29, 0.717) is 5.92 Å². The Labute approximate surface area is 88.6 Å². The van der Waals surface area contributed by atoms with Crippen molar-refractivity contribution in [2.75, 3.05) is 33.9 Å². The van der Waals surface area contributed by atoms with Crippen molar-refractivity contribution < 1.29 is 4.74 Å². The van der Waals surface area contributed by atoms with Crippen LogP contribution in [0, 0.1) is 11.8 Å². The quantitative estimate of drug-likeness (QED) is 0.595. The van der Waals surface area contributed by atoms with Crippen molar-refractivity contribution in [2.24, 2.45) is 11.8 Å². The summed E-state index contributed by atoms with van der Waals surface area (Å²) >= 11 is 0. The maximum atomic E-state index is 5.12. The van der Waals surface area contributed by atoms with Crippen LogP contribution in [0.3, 0.4) is 0 Å². The zero-order valence-corrected chi connectivity index (χ0v) is 9.96. The Kier molecular flexibility index (Phi) is 5.49. The van der Waals surface area contributed by atoms with Crippen LogP contribution in [0.2, 0.25) is 0 Å². The molecular weight excluding hydrogens is 174 g/mol. The Morgan fingerprint density at radius 3 is 2.71 bits per heavy atom. The van der Waals surface area contributed by atoms with Gasteiger partial charge in [0, 0.05) is 20.3 Å². The van der Waals surface area contributed by atoms with Crippen LogP contribution in [-0.4, -0.2) is 38.8 Å². The number of hydrogen-bond donors (Lipinski definition) is 0. The molecule has 0 N–H and O–H groups in total. The van der Waals surface area contributed by atoms with Crippen molar-refractivity contribution in [1.82, 2.24) is 4.90 Å². The van der Waals surface area contributed by atoms with E-state index in [1.54, 1.807) is 7.11 Å². The molecule has 1 unspecified atom stereocenters. The summed E-state index contributed by atoms with van der Waals surface area (Å²) in [6, 6.07) is 0. The normalized spacial score (nSPS) is 18.9. The third-order valence-corrected chi connectivity index (χ3v) is 2.95. The molecule has 0 amide bonds. The van der Waals surface area contributed by atoms with Gasteiger partial charge in [0.25, 0.3) is 0 Å². The van der Waals surface area contributed by atoms with E-state index in [4.69, 9.17) is 4.74 Å². The molecule has 0 radical (unpaired) electrons. The lowest BCUT2D eigenvalue weighted by atomic mass is 10.1. The summed E-state index contributed by atoms with van der Waals surface area (Å²) in [4.78, 5) is 2.48. The van der Waals surface area contributed by atoms with Crippen LogP contribution in [0.15, 0.2) is 0 Å². The second-order valence-corrected chi connectivity index (χ2v) is 4.91. The molecule has 1 aliphatic rings. The molecule has 1 saturated carbocycles. The average Bonchev–Trinajstić information content (AvgIpc) is 2.88. The molecule has 1 atom stereocenters. The molecule has 2 heteroatoms. The van der Waals surface area contributed by atoms with Crippen LogP contribution in [0.1, 0.15) is 32.6 Å². The molecular formula is C12H25NO. The van der Waals surface area contributed by atoms with Gasteiger partial charge in [-0.2, -0.15) is 0 Å². The summed E-state index contributed by atoms with van der Waals surface area (Å²) in [5, 5.41) is 0. The van der Waals surface area contributed by atoms with Crippen molar-refractivity contribution in [2.45, 2.75) is 32.6 Å². The van der Waals surface area contributed by atoms with Gasteiger partial charge in [-0.25, -0.2) is 0 Å². The van der Waals surface area contributed by atoms with Crippen molar-refractivity contribution >= 4 is 0 Å². The summed E-state index contributed by atoms with van der Waals surface area (Å²) in [5.74, 6) is 1.74. The second kappa shape index (κ2) is 6.41. The van der Waals surface area contributed by atoms with E-state index in [2.05, 4.69) is 18.9 Å². The van der Waals surface area contributed by atoms with Gasteiger partial charge in [0.05, 0.1) is 0 Å². The molecule has 1 aliphatic carbocycles. The Bertz CT molecular complexity index is 145. The number of methoxy groups -OCH3 is 1. The highest BCUT2D eigenvalue weighted by Gasteiger charge is 2.22. The Hall–Kier alpha value is -0.0800. The van der Waals surface area contributed by atoms with Gasteiger partial charge in [-0.05, 0) is 51.1 Å². The van der Waals surface area contributed by atoms with E-state index >= 15 is 0 Å².